The normalized spacial score (nSPS) is 15.2. The van der Waals surface area contributed by atoms with Gasteiger partial charge in [-0.2, -0.15) is 0 Å². The molecule has 1 atom stereocenters. The minimum absolute atomic E-state index is 0.0324. The van der Waals surface area contributed by atoms with Crippen molar-refractivity contribution in [3.63, 3.8) is 0 Å². The maximum atomic E-state index is 12.5. The number of benzene rings is 1. The number of rotatable bonds is 4. The minimum atomic E-state index is -0.333. The van der Waals surface area contributed by atoms with Crippen LogP contribution < -0.4 is 0 Å². The summed E-state index contributed by atoms with van der Waals surface area (Å²) in [5.41, 5.74) is 2.06. The molecule has 0 aliphatic heterocycles. The first-order valence-corrected chi connectivity index (χ1v) is 8.28. The summed E-state index contributed by atoms with van der Waals surface area (Å²) < 4.78 is 0. The molecule has 0 saturated carbocycles. The predicted molar refractivity (Wildman–Crippen MR) is 88.6 cm³/mol. The van der Waals surface area contributed by atoms with Crippen molar-refractivity contribution in [3.05, 3.63) is 71.3 Å². The highest BCUT2D eigenvalue weighted by Gasteiger charge is 2.17. The van der Waals surface area contributed by atoms with Crippen molar-refractivity contribution in [2.45, 2.75) is 19.3 Å². The van der Waals surface area contributed by atoms with Crippen molar-refractivity contribution in [1.29, 1.82) is 0 Å². The first-order chi connectivity index (χ1) is 10.1. The molecule has 108 valence electrons. The molecule has 1 aliphatic carbocycles. The lowest BCUT2D eigenvalue weighted by atomic mass is 9.96. The molecule has 0 spiro atoms. The van der Waals surface area contributed by atoms with E-state index in [0.717, 1.165) is 12.0 Å². The van der Waals surface area contributed by atoms with Gasteiger partial charge in [-0.3, -0.25) is 9.59 Å². The molecule has 1 unspecified atom stereocenters. The lowest BCUT2D eigenvalue weighted by Crippen LogP contribution is -2.07. The van der Waals surface area contributed by atoms with Gasteiger partial charge < -0.3 is 0 Å². The van der Waals surface area contributed by atoms with E-state index in [1.54, 1.807) is 25.1 Å². The van der Waals surface area contributed by atoms with Crippen LogP contribution in [0, 0.1) is 0 Å². The molecule has 1 aromatic rings. The highest BCUT2D eigenvalue weighted by atomic mass is 35.7. The van der Waals surface area contributed by atoms with E-state index in [1.807, 2.05) is 36.4 Å². The molecule has 0 bridgehead atoms. The molecule has 0 fully saturated rings. The first kappa shape index (κ1) is 15.8. The van der Waals surface area contributed by atoms with E-state index >= 15 is 0 Å². The molecule has 21 heavy (non-hydrogen) atoms. The van der Waals surface area contributed by atoms with E-state index in [4.69, 9.17) is 10.7 Å². The zero-order valence-corrected chi connectivity index (χ0v) is 13.2. The Morgan fingerprint density at radius 3 is 2.86 bits per heavy atom. The van der Waals surface area contributed by atoms with E-state index in [1.165, 1.54) is 0 Å². The van der Waals surface area contributed by atoms with Crippen LogP contribution in [0.1, 0.15) is 35.2 Å². The van der Waals surface area contributed by atoms with Crippen molar-refractivity contribution in [3.8, 4) is 0 Å². The molecule has 0 heterocycles. The molecule has 4 heteroatoms. The number of hydrogen-bond donors (Lipinski definition) is 0. The van der Waals surface area contributed by atoms with Gasteiger partial charge in [0.2, 0.25) is 5.12 Å². The number of carbonyl (C=O) groups is 2. The average molecular weight is 319 g/mol. The molecular formula is C17H15ClO2S. The van der Waals surface area contributed by atoms with E-state index < -0.39 is 0 Å². The fourth-order valence-electron chi connectivity index (χ4n) is 2.07. The monoisotopic (exact) mass is 318 g/mol. The summed E-state index contributed by atoms with van der Waals surface area (Å²) >= 11 is 0. The van der Waals surface area contributed by atoms with Gasteiger partial charge in [-0.25, -0.2) is 0 Å². The van der Waals surface area contributed by atoms with Gasteiger partial charge in [0.25, 0.3) is 0 Å². The fraction of sp³-hybridized carbons (Fsp3) is 0.176. The Labute approximate surface area is 133 Å². The third-order valence-electron chi connectivity index (χ3n) is 3.34. The smallest absolute Gasteiger partial charge is 0.211 e. The van der Waals surface area contributed by atoms with E-state index in [-0.39, 0.29) is 16.8 Å². The Morgan fingerprint density at radius 1 is 1.29 bits per heavy atom. The van der Waals surface area contributed by atoms with Crippen LogP contribution in [0.15, 0.2) is 60.2 Å². The lowest BCUT2D eigenvalue weighted by molar-refractivity contribution is -0.111. The third-order valence-corrected chi connectivity index (χ3v) is 4.30. The summed E-state index contributed by atoms with van der Waals surface area (Å²) in [5.74, 6) is -0.365. The van der Waals surface area contributed by atoms with Gasteiger partial charge in [0.15, 0.2) is 5.78 Å². The zero-order valence-electron chi connectivity index (χ0n) is 11.6. The van der Waals surface area contributed by atoms with Crippen molar-refractivity contribution >= 4 is 32.6 Å². The fourth-order valence-corrected chi connectivity index (χ4v) is 2.74. The summed E-state index contributed by atoms with van der Waals surface area (Å²) in [6.07, 6.45) is 10.2. The Hall–Kier alpha value is -1.58. The Balaban J connectivity index is 2.27. The van der Waals surface area contributed by atoms with E-state index in [9.17, 15) is 9.59 Å². The molecular weight excluding hydrogens is 304 g/mol. The Bertz CT molecular complexity index is 644. The zero-order chi connectivity index (χ0) is 15.2. The van der Waals surface area contributed by atoms with Crippen LogP contribution in [-0.2, 0) is 4.79 Å². The van der Waals surface area contributed by atoms with Gasteiger partial charge >= 0.3 is 0 Å². The van der Waals surface area contributed by atoms with Crippen LogP contribution in [0.4, 0.5) is 0 Å². The highest BCUT2D eigenvalue weighted by Crippen LogP contribution is 2.25. The number of Topliss-reactive ketones (excluding diaryl/α,β-unsaturated/α-hetero) is 1. The van der Waals surface area contributed by atoms with Crippen LogP contribution in [0.25, 0.3) is 0 Å². The Kier molecular flexibility index (Phi) is 5.59. The third kappa shape index (κ3) is 3.96. The maximum absolute atomic E-state index is 12.5. The van der Waals surface area contributed by atoms with Gasteiger partial charge in [0, 0.05) is 22.1 Å². The van der Waals surface area contributed by atoms with Crippen molar-refractivity contribution < 1.29 is 9.59 Å². The van der Waals surface area contributed by atoms with Gasteiger partial charge in [0.05, 0.1) is 5.92 Å². The van der Waals surface area contributed by atoms with E-state index in [2.05, 4.69) is 0 Å². The summed E-state index contributed by atoms with van der Waals surface area (Å²) in [6.45, 7) is 1.79. The quantitative estimate of drug-likeness (QED) is 0.746. The van der Waals surface area contributed by atoms with Crippen LogP contribution in [0.3, 0.4) is 0 Å². The van der Waals surface area contributed by atoms with E-state index in [0.29, 0.717) is 22.1 Å². The summed E-state index contributed by atoms with van der Waals surface area (Å²) in [6, 6.07) is 7.17. The van der Waals surface area contributed by atoms with Crippen molar-refractivity contribution in [2.24, 2.45) is 0 Å². The number of halogens is 1. The second-order valence-electron chi connectivity index (χ2n) is 4.75. The predicted octanol–water partition coefficient (Wildman–Crippen LogP) is 4.83. The topological polar surface area (TPSA) is 34.1 Å². The molecule has 0 amide bonds. The molecule has 0 aromatic heterocycles. The van der Waals surface area contributed by atoms with Crippen LogP contribution in [-0.4, -0.2) is 10.9 Å². The number of allylic oxidation sites excluding steroid dienone is 6. The molecule has 2 nitrogen and oxygen atoms in total. The second kappa shape index (κ2) is 7.43. The summed E-state index contributed by atoms with van der Waals surface area (Å²) in [7, 11) is 6.20. The average Bonchev–Trinajstić information content (AvgIpc) is 2.82. The van der Waals surface area contributed by atoms with Crippen molar-refractivity contribution in [2.75, 3.05) is 0 Å². The SMILES string of the molecule is CC(C(=O)SCl)c1cccc(C(=O)C2=CCC=CC=C2)c1. The van der Waals surface area contributed by atoms with Crippen molar-refractivity contribution in [1.82, 2.24) is 0 Å². The molecule has 0 radical (unpaired) electrons. The molecule has 1 aromatic carbocycles. The first-order valence-electron chi connectivity index (χ1n) is 6.64. The molecule has 2 rings (SSSR count). The molecule has 0 saturated heterocycles. The number of ketones is 1. The largest absolute Gasteiger partial charge is 0.289 e. The summed E-state index contributed by atoms with van der Waals surface area (Å²) in [4.78, 5) is 24.2. The highest BCUT2D eigenvalue weighted by molar-refractivity contribution is 8.32. The number of hydrogen-bond acceptors (Lipinski definition) is 3. The Morgan fingerprint density at radius 2 is 2.10 bits per heavy atom. The molecule has 1 aliphatic rings. The molecule has 0 N–H and O–H groups in total. The standard InChI is InChI=1S/C17H15ClO2S/c1-12(17(20)21-18)14-9-6-10-15(11-14)16(19)13-7-4-2-3-5-8-13/h2-4,6-12H,5H2,1H3. The second-order valence-corrected chi connectivity index (χ2v) is 5.77. The van der Waals surface area contributed by atoms with Crippen LogP contribution >= 0.6 is 21.7 Å². The maximum Gasteiger partial charge on any atom is 0.211 e. The van der Waals surface area contributed by atoms with Crippen LogP contribution in [0.2, 0.25) is 0 Å². The van der Waals surface area contributed by atoms with Gasteiger partial charge in [-0.1, -0.05) is 55.5 Å². The van der Waals surface area contributed by atoms with Gasteiger partial charge in [0.1, 0.15) is 0 Å². The summed E-state index contributed by atoms with van der Waals surface area (Å²) in [5, 5.41) is -0.126. The van der Waals surface area contributed by atoms with Crippen LogP contribution in [0.5, 0.6) is 0 Å². The number of carbonyl (C=O) groups excluding carboxylic acids is 2. The lowest BCUT2D eigenvalue weighted by Gasteiger charge is -2.10. The minimum Gasteiger partial charge on any atom is -0.289 e. The van der Waals surface area contributed by atoms with Gasteiger partial charge in [-0.15, -0.1) is 0 Å². The van der Waals surface area contributed by atoms with Gasteiger partial charge in [-0.05, 0) is 28.7 Å².